The lowest BCUT2D eigenvalue weighted by atomic mass is 10.1. The van der Waals surface area contributed by atoms with E-state index in [2.05, 4.69) is 77.3 Å². The SMILES string of the molecule is Cc1ccccc1CN(C)c1cc(Br)ccc1CCN. The highest BCUT2D eigenvalue weighted by Crippen LogP contribution is 2.26. The van der Waals surface area contributed by atoms with Gasteiger partial charge in [-0.25, -0.2) is 0 Å². The lowest BCUT2D eigenvalue weighted by Gasteiger charge is -2.24. The van der Waals surface area contributed by atoms with Gasteiger partial charge in [0.25, 0.3) is 0 Å². The molecule has 0 fully saturated rings. The number of rotatable bonds is 5. The predicted octanol–water partition coefficient (Wildman–Crippen LogP) is 3.90. The number of aryl methyl sites for hydroxylation is 1. The Labute approximate surface area is 129 Å². The van der Waals surface area contributed by atoms with Crippen molar-refractivity contribution in [1.82, 2.24) is 0 Å². The van der Waals surface area contributed by atoms with Crippen LogP contribution in [0.15, 0.2) is 46.9 Å². The van der Waals surface area contributed by atoms with Crippen molar-refractivity contribution in [3.63, 3.8) is 0 Å². The van der Waals surface area contributed by atoms with Crippen molar-refractivity contribution in [3.05, 3.63) is 63.6 Å². The first-order valence-electron chi connectivity index (χ1n) is 6.86. The number of hydrogen-bond acceptors (Lipinski definition) is 2. The molecule has 0 aliphatic rings. The van der Waals surface area contributed by atoms with Crippen LogP contribution in [0.25, 0.3) is 0 Å². The molecule has 2 aromatic rings. The molecule has 0 spiro atoms. The van der Waals surface area contributed by atoms with Crippen LogP contribution in [0.2, 0.25) is 0 Å². The first-order chi connectivity index (χ1) is 9.61. The molecule has 0 bridgehead atoms. The lowest BCUT2D eigenvalue weighted by molar-refractivity contribution is 0.886. The number of nitrogens with two attached hydrogens (primary N) is 1. The topological polar surface area (TPSA) is 29.3 Å². The first kappa shape index (κ1) is 15.1. The van der Waals surface area contributed by atoms with Crippen LogP contribution in [0.5, 0.6) is 0 Å². The van der Waals surface area contributed by atoms with E-state index < -0.39 is 0 Å². The highest BCUT2D eigenvalue weighted by molar-refractivity contribution is 9.10. The summed E-state index contributed by atoms with van der Waals surface area (Å²) in [6, 6.07) is 14.9. The molecule has 0 saturated heterocycles. The second kappa shape index (κ2) is 6.91. The van der Waals surface area contributed by atoms with Crippen LogP contribution in [0.1, 0.15) is 16.7 Å². The minimum Gasteiger partial charge on any atom is -0.370 e. The van der Waals surface area contributed by atoms with Crippen molar-refractivity contribution in [1.29, 1.82) is 0 Å². The van der Waals surface area contributed by atoms with Crippen molar-refractivity contribution >= 4 is 21.6 Å². The monoisotopic (exact) mass is 332 g/mol. The summed E-state index contributed by atoms with van der Waals surface area (Å²) >= 11 is 3.56. The summed E-state index contributed by atoms with van der Waals surface area (Å²) in [6.07, 6.45) is 0.903. The van der Waals surface area contributed by atoms with Gasteiger partial charge < -0.3 is 10.6 Å². The molecule has 2 N–H and O–H groups in total. The second-order valence-corrected chi connectivity index (χ2v) is 6.01. The average Bonchev–Trinajstić information content (AvgIpc) is 2.43. The molecule has 0 aliphatic carbocycles. The van der Waals surface area contributed by atoms with E-state index in [0.29, 0.717) is 6.54 Å². The van der Waals surface area contributed by atoms with Crippen molar-refractivity contribution < 1.29 is 0 Å². The zero-order valence-electron chi connectivity index (χ0n) is 12.1. The minimum atomic E-state index is 0.673. The summed E-state index contributed by atoms with van der Waals surface area (Å²) in [7, 11) is 2.13. The Bertz CT molecular complexity index is 581. The van der Waals surface area contributed by atoms with Crippen LogP contribution >= 0.6 is 15.9 Å². The molecule has 0 atom stereocenters. The van der Waals surface area contributed by atoms with Gasteiger partial charge in [0.1, 0.15) is 0 Å². The van der Waals surface area contributed by atoms with E-state index in [-0.39, 0.29) is 0 Å². The smallest absolute Gasteiger partial charge is 0.0428 e. The van der Waals surface area contributed by atoms with Gasteiger partial charge in [0.15, 0.2) is 0 Å². The maximum atomic E-state index is 5.71. The van der Waals surface area contributed by atoms with Gasteiger partial charge in [-0.15, -0.1) is 0 Å². The van der Waals surface area contributed by atoms with E-state index in [0.717, 1.165) is 17.4 Å². The van der Waals surface area contributed by atoms with Crippen LogP contribution in [0, 0.1) is 6.92 Å². The lowest BCUT2D eigenvalue weighted by Crippen LogP contribution is -2.19. The summed E-state index contributed by atoms with van der Waals surface area (Å²) in [5, 5.41) is 0. The molecular formula is C17H21BrN2. The van der Waals surface area contributed by atoms with Crippen LogP contribution < -0.4 is 10.6 Å². The van der Waals surface area contributed by atoms with Crippen molar-refractivity contribution in [2.24, 2.45) is 5.73 Å². The highest BCUT2D eigenvalue weighted by atomic mass is 79.9. The largest absolute Gasteiger partial charge is 0.370 e. The number of benzene rings is 2. The standard InChI is InChI=1S/C17H21BrN2/c1-13-5-3-4-6-15(13)12-20(2)17-11-16(18)8-7-14(17)9-10-19/h3-8,11H,9-10,12,19H2,1-2H3. The summed E-state index contributed by atoms with van der Waals surface area (Å²) in [5.41, 5.74) is 10.9. The number of anilines is 1. The minimum absolute atomic E-state index is 0.673. The Balaban J connectivity index is 2.26. The Morgan fingerprint density at radius 1 is 1.10 bits per heavy atom. The Morgan fingerprint density at radius 2 is 1.85 bits per heavy atom. The van der Waals surface area contributed by atoms with Gasteiger partial charge in [0.2, 0.25) is 0 Å². The molecule has 0 aliphatic heterocycles. The predicted molar refractivity (Wildman–Crippen MR) is 90.2 cm³/mol. The van der Waals surface area contributed by atoms with Crippen LogP contribution in [-0.4, -0.2) is 13.6 Å². The highest BCUT2D eigenvalue weighted by Gasteiger charge is 2.09. The fourth-order valence-electron chi connectivity index (χ4n) is 2.39. The third kappa shape index (κ3) is 3.62. The number of nitrogens with zero attached hydrogens (tertiary/aromatic N) is 1. The van der Waals surface area contributed by atoms with Crippen molar-refractivity contribution in [3.8, 4) is 0 Å². The second-order valence-electron chi connectivity index (χ2n) is 5.09. The molecule has 20 heavy (non-hydrogen) atoms. The van der Waals surface area contributed by atoms with Gasteiger partial charge in [0.05, 0.1) is 0 Å². The summed E-state index contributed by atoms with van der Waals surface area (Å²) < 4.78 is 1.10. The van der Waals surface area contributed by atoms with Crippen LogP contribution in [-0.2, 0) is 13.0 Å². The molecule has 2 rings (SSSR count). The first-order valence-corrected chi connectivity index (χ1v) is 7.65. The van der Waals surface area contributed by atoms with Gasteiger partial charge in [-0.2, -0.15) is 0 Å². The number of halogens is 1. The third-order valence-corrected chi connectivity index (χ3v) is 4.03. The van der Waals surface area contributed by atoms with Gasteiger partial charge >= 0.3 is 0 Å². The third-order valence-electron chi connectivity index (χ3n) is 3.54. The molecular weight excluding hydrogens is 312 g/mol. The van der Waals surface area contributed by atoms with Crippen molar-refractivity contribution in [2.45, 2.75) is 19.9 Å². The van der Waals surface area contributed by atoms with Gasteiger partial charge in [-0.05, 0) is 48.7 Å². The molecule has 0 amide bonds. The van der Waals surface area contributed by atoms with Crippen LogP contribution in [0.4, 0.5) is 5.69 Å². The Morgan fingerprint density at radius 3 is 2.55 bits per heavy atom. The summed E-state index contributed by atoms with van der Waals surface area (Å²) in [4.78, 5) is 2.29. The zero-order valence-corrected chi connectivity index (χ0v) is 13.7. The zero-order chi connectivity index (χ0) is 14.5. The molecule has 2 nitrogen and oxygen atoms in total. The van der Waals surface area contributed by atoms with E-state index in [1.807, 2.05) is 0 Å². The van der Waals surface area contributed by atoms with E-state index >= 15 is 0 Å². The molecule has 2 aromatic carbocycles. The van der Waals surface area contributed by atoms with Gasteiger partial charge in [0, 0.05) is 23.8 Å². The Hall–Kier alpha value is -1.32. The fourth-order valence-corrected chi connectivity index (χ4v) is 2.74. The normalized spacial score (nSPS) is 10.6. The molecule has 0 saturated carbocycles. The molecule has 0 unspecified atom stereocenters. The molecule has 3 heteroatoms. The van der Waals surface area contributed by atoms with Crippen molar-refractivity contribution in [2.75, 3.05) is 18.5 Å². The molecule has 0 aromatic heterocycles. The fraction of sp³-hybridized carbons (Fsp3) is 0.294. The average molecular weight is 333 g/mol. The maximum Gasteiger partial charge on any atom is 0.0428 e. The van der Waals surface area contributed by atoms with E-state index in [1.165, 1.54) is 22.4 Å². The summed E-state index contributed by atoms with van der Waals surface area (Å²) in [5.74, 6) is 0. The van der Waals surface area contributed by atoms with Gasteiger partial charge in [-0.1, -0.05) is 46.3 Å². The molecule has 0 radical (unpaired) electrons. The Kier molecular flexibility index (Phi) is 5.21. The van der Waals surface area contributed by atoms with Gasteiger partial charge in [-0.3, -0.25) is 0 Å². The molecule has 0 heterocycles. The van der Waals surface area contributed by atoms with E-state index in [1.54, 1.807) is 0 Å². The van der Waals surface area contributed by atoms with Crippen LogP contribution in [0.3, 0.4) is 0 Å². The summed E-state index contributed by atoms with van der Waals surface area (Å²) in [6.45, 7) is 3.73. The van der Waals surface area contributed by atoms with E-state index in [9.17, 15) is 0 Å². The van der Waals surface area contributed by atoms with E-state index in [4.69, 9.17) is 5.73 Å². The molecule has 106 valence electrons. The number of hydrogen-bond donors (Lipinski definition) is 1. The maximum absolute atomic E-state index is 5.71. The quantitative estimate of drug-likeness (QED) is 0.899.